The molecule has 1 heterocycles. The molecule has 0 unspecified atom stereocenters. The lowest BCUT2D eigenvalue weighted by atomic mass is 10.0. The molecule has 0 saturated heterocycles. The standard InChI is InChI=1S/C11H11BrN2O2/c1-16-11(15)4-7-2-9-10(14-6-13-9)3-8(7)5-12/h2-3,6H,4-5H2,1H3,(H,13,14). The number of hydrogen-bond donors (Lipinski definition) is 1. The van der Waals surface area contributed by atoms with Gasteiger partial charge in [0.15, 0.2) is 0 Å². The number of H-pyrrole nitrogens is 1. The van der Waals surface area contributed by atoms with Gasteiger partial charge in [0.1, 0.15) is 0 Å². The van der Waals surface area contributed by atoms with Crippen LogP contribution in [0.15, 0.2) is 18.5 Å². The fourth-order valence-corrected chi connectivity index (χ4v) is 2.11. The second-order valence-corrected chi connectivity index (χ2v) is 3.99. The van der Waals surface area contributed by atoms with E-state index in [9.17, 15) is 4.79 Å². The van der Waals surface area contributed by atoms with Gasteiger partial charge in [0.2, 0.25) is 0 Å². The van der Waals surface area contributed by atoms with Crippen LogP contribution in [0.2, 0.25) is 0 Å². The molecule has 2 aromatic rings. The highest BCUT2D eigenvalue weighted by Gasteiger charge is 2.10. The van der Waals surface area contributed by atoms with Crippen molar-refractivity contribution in [1.29, 1.82) is 0 Å². The molecule has 1 N–H and O–H groups in total. The number of aromatic amines is 1. The van der Waals surface area contributed by atoms with Crippen molar-refractivity contribution in [3.63, 3.8) is 0 Å². The lowest BCUT2D eigenvalue weighted by molar-refractivity contribution is -0.139. The van der Waals surface area contributed by atoms with Crippen LogP contribution in [0.3, 0.4) is 0 Å². The zero-order valence-electron chi connectivity index (χ0n) is 8.79. The monoisotopic (exact) mass is 282 g/mol. The first-order valence-electron chi connectivity index (χ1n) is 4.82. The Labute approximate surface area is 101 Å². The van der Waals surface area contributed by atoms with E-state index < -0.39 is 0 Å². The first kappa shape index (κ1) is 11.1. The summed E-state index contributed by atoms with van der Waals surface area (Å²) in [6.07, 6.45) is 1.93. The molecule has 0 aliphatic rings. The predicted molar refractivity (Wildman–Crippen MR) is 64.4 cm³/mol. The number of esters is 1. The fourth-order valence-electron chi connectivity index (χ4n) is 1.59. The van der Waals surface area contributed by atoms with Crippen molar-refractivity contribution >= 4 is 32.9 Å². The van der Waals surface area contributed by atoms with Gasteiger partial charge in [-0.25, -0.2) is 4.98 Å². The summed E-state index contributed by atoms with van der Waals surface area (Å²) in [5, 5.41) is 0.697. The number of nitrogens with one attached hydrogen (secondary N) is 1. The molecule has 0 bridgehead atoms. The van der Waals surface area contributed by atoms with Crippen LogP contribution in [-0.4, -0.2) is 23.0 Å². The summed E-state index contributed by atoms with van der Waals surface area (Å²) < 4.78 is 4.67. The average molecular weight is 283 g/mol. The quantitative estimate of drug-likeness (QED) is 0.693. The summed E-state index contributed by atoms with van der Waals surface area (Å²) in [5.74, 6) is -0.235. The molecule has 1 aromatic heterocycles. The van der Waals surface area contributed by atoms with Crippen LogP contribution in [-0.2, 0) is 21.3 Å². The van der Waals surface area contributed by atoms with Gasteiger partial charge in [0.25, 0.3) is 0 Å². The molecule has 5 heteroatoms. The Morgan fingerprint density at radius 3 is 3.00 bits per heavy atom. The van der Waals surface area contributed by atoms with E-state index >= 15 is 0 Å². The lowest BCUT2D eigenvalue weighted by Gasteiger charge is -2.06. The third-order valence-electron chi connectivity index (χ3n) is 2.45. The highest BCUT2D eigenvalue weighted by atomic mass is 79.9. The minimum absolute atomic E-state index is 0.235. The van der Waals surface area contributed by atoms with E-state index in [1.54, 1.807) is 6.33 Å². The maximum atomic E-state index is 11.3. The van der Waals surface area contributed by atoms with Crippen LogP contribution in [0.5, 0.6) is 0 Å². The number of rotatable bonds is 3. The van der Waals surface area contributed by atoms with Crippen molar-refractivity contribution in [2.75, 3.05) is 7.11 Å². The third-order valence-corrected chi connectivity index (χ3v) is 3.05. The number of aromatic nitrogens is 2. The lowest BCUT2D eigenvalue weighted by Crippen LogP contribution is -2.06. The fraction of sp³-hybridized carbons (Fsp3) is 0.273. The van der Waals surface area contributed by atoms with E-state index in [-0.39, 0.29) is 12.4 Å². The molecule has 0 spiro atoms. The Morgan fingerprint density at radius 2 is 2.31 bits per heavy atom. The number of hydrogen-bond acceptors (Lipinski definition) is 3. The molecule has 1 aromatic carbocycles. The van der Waals surface area contributed by atoms with Gasteiger partial charge in [-0.2, -0.15) is 0 Å². The van der Waals surface area contributed by atoms with E-state index in [0.29, 0.717) is 5.33 Å². The van der Waals surface area contributed by atoms with Gasteiger partial charge in [-0.1, -0.05) is 15.9 Å². The average Bonchev–Trinajstić information content (AvgIpc) is 2.74. The van der Waals surface area contributed by atoms with Crippen LogP contribution in [0.25, 0.3) is 11.0 Å². The minimum Gasteiger partial charge on any atom is -0.469 e. The molecule has 0 radical (unpaired) electrons. The van der Waals surface area contributed by atoms with Gasteiger partial charge in [-0.3, -0.25) is 4.79 Å². The number of methoxy groups -OCH3 is 1. The van der Waals surface area contributed by atoms with Gasteiger partial charge < -0.3 is 9.72 Å². The Balaban J connectivity index is 2.44. The second-order valence-electron chi connectivity index (χ2n) is 3.43. The van der Waals surface area contributed by atoms with E-state index in [2.05, 4.69) is 30.6 Å². The molecule has 0 fully saturated rings. The predicted octanol–water partition coefficient (Wildman–Crippen LogP) is 2.17. The van der Waals surface area contributed by atoms with Crippen LogP contribution in [0.4, 0.5) is 0 Å². The topological polar surface area (TPSA) is 55.0 Å². The zero-order chi connectivity index (χ0) is 11.5. The minimum atomic E-state index is -0.235. The van der Waals surface area contributed by atoms with Crippen molar-refractivity contribution in [2.45, 2.75) is 11.8 Å². The Hall–Kier alpha value is -1.36. The zero-order valence-corrected chi connectivity index (χ0v) is 10.4. The second kappa shape index (κ2) is 4.65. The van der Waals surface area contributed by atoms with Crippen LogP contribution >= 0.6 is 15.9 Å². The maximum absolute atomic E-state index is 11.3. The number of carbonyl (C=O) groups excluding carboxylic acids is 1. The van der Waals surface area contributed by atoms with Crippen LogP contribution in [0, 0.1) is 0 Å². The van der Waals surface area contributed by atoms with Gasteiger partial charge in [-0.15, -0.1) is 0 Å². The van der Waals surface area contributed by atoms with Crippen molar-refractivity contribution in [3.05, 3.63) is 29.6 Å². The van der Waals surface area contributed by atoms with Gasteiger partial charge in [0, 0.05) is 5.33 Å². The Morgan fingerprint density at radius 1 is 1.50 bits per heavy atom. The summed E-state index contributed by atoms with van der Waals surface area (Å²) >= 11 is 3.40. The highest BCUT2D eigenvalue weighted by molar-refractivity contribution is 9.08. The van der Waals surface area contributed by atoms with Crippen molar-refractivity contribution in [2.24, 2.45) is 0 Å². The summed E-state index contributed by atoms with van der Waals surface area (Å²) in [7, 11) is 1.39. The van der Waals surface area contributed by atoms with Crippen LogP contribution < -0.4 is 0 Å². The molecule has 16 heavy (non-hydrogen) atoms. The molecule has 0 aliphatic carbocycles. The number of ether oxygens (including phenoxy) is 1. The number of fused-ring (bicyclic) bond motifs is 1. The first-order chi connectivity index (χ1) is 7.74. The molecule has 0 amide bonds. The summed E-state index contributed by atoms with van der Waals surface area (Å²) in [6.45, 7) is 0. The number of carbonyl (C=O) groups is 1. The third kappa shape index (κ3) is 2.09. The molecule has 0 saturated carbocycles. The largest absolute Gasteiger partial charge is 0.469 e. The summed E-state index contributed by atoms with van der Waals surface area (Å²) in [5.41, 5.74) is 3.86. The Bertz CT molecular complexity index is 522. The normalized spacial score (nSPS) is 10.6. The van der Waals surface area contributed by atoms with Crippen molar-refractivity contribution in [3.8, 4) is 0 Å². The maximum Gasteiger partial charge on any atom is 0.309 e. The summed E-state index contributed by atoms with van der Waals surface area (Å²) in [4.78, 5) is 18.5. The number of imidazole rings is 1. The van der Waals surface area contributed by atoms with E-state index in [0.717, 1.165) is 22.2 Å². The Kier molecular flexibility index (Phi) is 3.24. The van der Waals surface area contributed by atoms with E-state index in [4.69, 9.17) is 0 Å². The van der Waals surface area contributed by atoms with Crippen molar-refractivity contribution < 1.29 is 9.53 Å². The number of benzene rings is 1. The summed E-state index contributed by atoms with van der Waals surface area (Å²) in [6, 6.07) is 3.91. The van der Waals surface area contributed by atoms with Gasteiger partial charge in [0.05, 0.1) is 30.9 Å². The number of halogens is 1. The highest BCUT2D eigenvalue weighted by Crippen LogP contribution is 2.20. The molecular formula is C11H11BrN2O2. The van der Waals surface area contributed by atoms with Gasteiger partial charge in [-0.05, 0) is 23.3 Å². The molecule has 2 rings (SSSR count). The molecule has 0 aliphatic heterocycles. The van der Waals surface area contributed by atoms with E-state index in [1.807, 2.05) is 12.1 Å². The van der Waals surface area contributed by atoms with Crippen molar-refractivity contribution in [1.82, 2.24) is 9.97 Å². The smallest absolute Gasteiger partial charge is 0.309 e. The first-order valence-corrected chi connectivity index (χ1v) is 5.94. The number of alkyl halides is 1. The SMILES string of the molecule is COC(=O)Cc1cc2[nH]cnc2cc1CBr. The van der Waals surface area contributed by atoms with Crippen LogP contribution in [0.1, 0.15) is 11.1 Å². The number of nitrogens with zero attached hydrogens (tertiary/aromatic N) is 1. The van der Waals surface area contributed by atoms with Gasteiger partial charge >= 0.3 is 5.97 Å². The molecule has 84 valence electrons. The van der Waals surface area contributed by atoms with E-state index in [1.165, 1.54) is 7.11 Å². The molecule has 0 atom stereocenters. The molecule has 4 nitrogen and oxygen atoms in total. The molecular weight excluding hydrogens is 272 g/mol.